The largest absolute Gasteiger partial charge is 0.344 e. The first-order chi connectivity index (χ1) is 20.2. The van der Waals surface area contributed by atoms with Crippen molar-refractivity contribution in [2.75, 3.05) is 18.0 Å². The van der Waals surface area contributed by atoms with E-state index in [-0.39, 0.29) is 10.8 Å². The molecule has 0 amide bonds. The fraction of sp³-hybridized carbons (Fsp3) is 0.513. The van der Waals surface area contributed by atoms with Crippen molar-refractivity contribution in [1.29, 1.82) is 0 Å². The number of allylic oxidation sites excluding steroid dienone is 6. The first-order valence-corrected chi connectivity index (χ1v) is 17.0. The van der Waals surface area contributed by atoms with Gasteiger partial charge in [-0.1, -0.05) is 121 Å². The lowest BCUT2D eigenvalue weighted by Crippen LogP contribution is -2.28. The summed E-state index contributed by atoms with van der Waals surface area (Å²) in [4.78, 5) is 2.54. The van der Waals surface area contributed by atoms with E-state index in [2.05, 4.69) is 124 Å². The molecule has 0 fully saturated rings. The molecular formula is C39H54ClN2+. The zero-order valence-electron chi connectivity index (χ0n) is 27.2. The number of anilines is 1. The Bertz CT molecular complexity index is 1320. The van der Waals surface area contributed by atoms with Gasteiger partial charge in [-0.3, -0.25) is 0 Å². The van der Waals surface area contributed by atoms with Crippen molar-refractivity contribution in [3.05, 3.63) is 94.7 Å². The van der Waals surface area contributed by atoms with Crippen molar-refractivity contribution in [3.8, 4) is 0 Å². The summed E-state index contributed by atoms with van der Waals surface area (Å²) in [6.45, 7) is 16.0. The number of nitrogens with zero attached hydrogens (tertiary/aromatic N) is 2. The van der Waals surface area contributed by atoms with Gasteiger partial charge < -0.3 is 4.90 Å². The molecule has 4 rings (SSSR count). The van der Waals surface area contributed by atoms with Crippen LogP contribution in [-0.4, -0.2) is 23.4 Å². The molecule has 0 N–H and O–H groups in total. The molecule has 2 aliphatic rings. The number of fused-ring (bicyclic) bond motifs is 2. The van der Waals surface area contributed by atoms with Gasteiger partial charge in [0.2, 0.25) is 5.69 Å². The zero-order chi connectivity index (χ0) is 30.2. The Kier molecular flexibility index (Phi) is 11.3. The maximum atomic E-state index is 6.94. The number of benzene rings is 2. The van der Waals surface area contributed by atoms with Crippen LogP contribution in [0.5, 0.6) is 0 Å². The van der Waals surface area contributed by atoms with Gasteiger partial charge in [0, 0.05) is 52.5 Å². The van der Waals surface area contributed by atoms with Gasteiger partial charge in [0.25, 0.3) is 0 Å². The molecule has 0 saturated heterocycles. The van der Waals surface area contributed by atoms with E-state index in [0.717, 1.165) is 18.1 Å². The second kappa shape index (κ2) is 14.7. The van der Waals surface area contributed by atoms with Crippen LogP contribution in [-0.2, 0) is 10.8 Å². The van der Waals surface area contributed by atoms with E-state index < -0.39 is 0 Å². The molecule has 0 radical (unpaired) electrons. The highest BCUT2D eigenvalue weighted by Gasteiger charge is 2.44. The van der Waals surface area contributed by atoms with E-state index in [1.165, 1.54) is 98.1 Å². The molecule has 0 aliphatic carbocycles. The predicted octanol–water partition coefficient (Wildman–Crippen LogP) is 11.4. The topological polar surface area (TPSA) is 6.25 Å². The molecule has 0 aromatic heterocycles. The molecule has 42 heavy (non-hydrogen) atoms. The minimum atomic E-state index is -0.0597. The van der Waals surface area contributed by atoms with Gasteiger partial charge in [-0.2, -0.15) is 4.58 Å². The Hall–Kier alpha value is -2.58. The van der Waals surface area contributed by atoms with Crippen molar-refractivity contribution in [3.63, 3.8) is 0 Å². The third-order valence-corrected chi connectivity index (χ3v) is 9.62. The van der Waals surface area contributed by atoms with E-state index >= 15 is 0 Å². The normalized spacial score (nSPS) is 18.4. The Morgan fingerprint density at radius 2 is 1.38 bits per heavy atom. The average Bonchev–Trinajstić information content (AvgIpc) is 3.33. The Labute approximate surface area is 261 Å². The molecular weight excluding hydrogens is 532 g/mol. The predicted molar refractivity (Wildman–Crippen MR) is 185 cm³/mol. The van der Waals surface area contributed by atoms with Crippen LogP contribution in [0.4, 0.5) is 11.4 Å². The highest BCUT2D eigenvalue weighted by atomic mass is 35.5. The maximum absolute atomic E-state index is 6.94. The molecule has 2 aliphatic heterocycles. The molecule has 0 spiro atoms. The van der Waals surface area contributed by atoms with Crippen LogP contribution in [0.1, 0.15) is 117 Å². The lowest BCUT2D eigenvalue weighted by atomic mass is 9.81. The van der Waals surface area contributed by atoms with Crippen molar-refractivity contribution < 1.29 is 4.58 Å². The summed E-state index contributed by atoms with van der Waals surface area (Å²) in [5, 5.41) is 0.763. The summed E-state index contributed by atoms with van der Waals surface area (Å²) < 4.78 is 2.54. The van der Waals surface area contributed by atoms with E-state index in [9.17, 15) is 0 Å². The van der Waals surface area contributed by atoms with Crippen molar-refractivity contribution >= 4 is 28.7 Å². The summed E-state index contributed by atoms with van der Waals surface area (Å²) in [5.74, 6) is 0. The quantitative estimate of drug-likeness (QED) is 0.114. The summed E-state index contributed by atoms with van der Waals surface area (Å²) in [6, 6.07) is 17.8. The Balaban J connectivity index is 1.58. The second-order valence-electron chi connectivity index (χ2n) is 13.2. The van der Waals surface area contributed by atoms with Crippen LogP contribution in [0.3, 0.4) is 0 Å². The van der Waals surface area contributed by atoms with Crippen LogP contribution in [0.25, 0.3) is 0 Å². The minimum absolute atomic E-state index is 0.0597. The molecule has 0 atom stereocenters. The molecule has 3 heteroatoms. The fourth-order valence-electron chi connectivity index (χ4n) is 6.88. The molecule has 2 heterocycles. The number of halogens is 1. The number of para-hydroxylation sites is 2. The third kappa shape index (κ3) is 7.13. The molecule has 0 saturated carbocycles. The molecule has 0 unspecified atom stereocenters. The van der Waals surface area contributed by atoms with Crippen LogP contribution in [0.2, 0.25) is 0 Å². The van der Waals surface area contributed by atoms with Crippen LogP contribution in [0.15, 0.2) is 83.6 Å². The molecule has 2 aromatic carbocycles. The molecule has 0 bridgehead atoms. The van der Waals surface area contributed by atoms with Gasteiger partial charge in [0.15, 0.2) is 5.71 Å². The monoisotopic (exact) mass is 585 g/mol. The number of rotatable bonds is 15. The standard InChI is InChI=1S/C39H54ClN2/c1-7-9-11-13-19-29-41-34-23-17-15-21-32(34)38(3,4)36(41)27-25-31(40)26-28-37-39(5,6)33-22-16-18-24-35(33)42(37)30-20-14-12-10-8-2/h15-18,21-28H,7-14,19-20,29-30H2,1-6H3/q+1. The van der Waals surface area contributed by atoms with Gasteiger partial charge in [0.05, 0.1) is 5.41 Å². The average molecular weight is 586 g/mol. The minimum Gasteiger partial charge on any atom is -0.344 e. The first-order valence-electron chi connectivity index (χ1n) is 16.6. The van der Waals surface area contributed by atoms with E-state index in [1.54, 1.807) is 0 Å². The van der Waals surface area contributed by atoms with E-state index in [0.29, 0.717) is 0 Å². The van der Waals surface area contributed by atoms with Crippen LogP contribution >= 0.6 is 11.6 Å². The van der Waals surface area contributed by atoms with Gasteiger partial charge in [-0.15, -0.1) is 0 Å². The fourth-order valence-corrected chi connectivity index (χ4v) is 7.01. The van der Waals surface area contributed by atoms with Crippen LogP contribution in [0, 0.1) is 0 Å². The van der Waals surface area contributed by atoms with Crippen LogP contribution < -0.4 is 4.90 Å². The number of hydrogen-bond acceptors (Lipinski definition) is 1. The molecule has 2 nitrogen and oxygen atoms in total. The lowest BCUT2D eigenvalue weighted by Gasteiger charge is -2.27. The van der Waals surface area contributed by atoms with Crippen molar-refractivity contribution in [2.24, 2.45) is 0 Å². The number of hydrogen-bond donors (Lipinski definition) is 0. The summed E-state index contributed by atoms with van der Waals surface area (Å²) in [5.41, 5.74) is 8.05. The zero-order valence-corrected chi connectivity index (χ0v) is 27.9. The summed E-state index contributed by atoms with van der Waals surface area (Å²) in [7, 11) is 0. The van der Waals surface area contributed by atoms with Gasteiger partial charge in [-0.05, 0) is 56.5 Å². The van der Waals surface area contributed by atoms with E-state index in [4.69, 9.17) is 11.6 Å². The first kappa shape index (κ1) is 32.3. The van der Waals surface area contributed by atoms with Crippen molar-refractivity contribution in [1.82, 2.24) is 0 Å². The van der Waals surface area contributed by atoms with E-state index in [1.807, 2.05) is 0 Å². The summed E-state index contributed by atoms with van der Waals surface area (Å²) in [6.07, 6.45) is 21.6. The SMILES string of the molecule is CCCCCCCN1/C(=C/C=C(Cl)/C=C/C2=[N+](CCCCCCC)c3ccccc3C2(C)C)C(C)(C)c2ccccc21. The molecule has 2 aromatic rings. The highest BCUT2D eigenvalue weighted by molar-refractivity contribution is 6.31. The third-order valence-electron chi connectivity index (χ3n) is 9.37. The smallest absolute Gasteiger partial charge is 0.209 e. The van der Waals surface area contributed by atoms with Gasteiger partial charge >= 0.3 is 0 Å². The maximum Gasteiger partial charge on any atom is 0.209 e. The highest BCUT2D eigenvalue weighted by Crippen LogP contribution is 2.48. The second-order valence-corrected chi connectivity index (χ2v) is 13.7. The lowest BCUT2D eigenvalue weighted by molar-refractivity contribution is -0.438. The van der Waals surface area contributed by atoms with Crippen molar-refractivity contribution in [2.45, 2.75) is 117 Å². The Morgan fingerprint density at radius 3 is 2.10 bits per heavy atom. The van der Waals surface area contributed by atoms with Gasteiger partial charge in [-0.25, -0.2) is 0 Å². The Morgan fingerprint density at radius 1 is 0.762 bits per heavy atom. The molecule has 226 valence electrons. The number of unbranched alkanes of at least 4 members (excludes halogenated alkanes) is 8. The summed E-state index contributed by atoms with van der Waals surface area (Å²) >= 11 is 6.94. The van der Waals surface area contributed by atoms with Gasteiger partial charge in [0.1, 0.15) is 6.54 Å².